The second-order valence-electron chi connectivity index (χ2n) is 6.05. The van der Waals surface area contributed by atoms with Gasteiger partial charge in [0, 0.05) is 28.0 Å². The lowest BCUT2D eigenvalue weighted by Crippen LogP contribution is -2.24. The van der Waals surface area contributed by atoms with Crippen LogP contribution in [0.25, 0.3) is 22.2 Å². The van der Waals surface area contributed by atoms with Crippen LogP contribution in [0.15, 0.2) is 52.6 Å². The molecule has 0 bridgehead atoms. The van der Waals surface area contributed by atoms with Crippen LogP contribution < -0.4 is 5.32 Å². The van der Waals surface area contributed by atoms with E-state index in [4.69, 9.17) is 4.42 Å². The fourth-order valence-corrected chi connectivity index (χ4v) is 3.83. The van der Waals surface area contributed by atoms with E-state index in [1.54, 1.807) is 12.3 Å². The molecule has 4 rings (SSSR count). The van der Waals surface area contributed by atoms with Crippen LogP contribution in [0.4, 0.5) is 0 Å². The molecular weight excluding hydrogens is 346 g/mol. The summed E-state index contributed by atoms with van der Waals surface area (Å²) in [5.41, 5.74) is 4.44. The Morgan fingerprint density at radius 1 is 1.31 bits per heavy atom. The van der Waals surface area contributed by atoms with Crippen molar-refractivity contribution in [1.82, 2.24) is 15.3 Å². The number of carbonyl (C=O) groups is 1. The van der Waals surface area contributed by atoms with Gasteiger partial charge in [0.05, 0.1) is 24.9 Å². The Bertz CT molecular complexity index is 1030. The molecule has 0 radical (unpaired) electrons. The first-order chi connectivity index (χ1) is 12.7. The molecule has 26 heavy (non-hydrogen) atoms. The smallest absolute Gasteiger partial charge is 0.227 e. The van der Waals surface area contributed by atoms with Crippen molar-refractivity contribution >= 4 is 28.1 Å². The van der Waals surface area contributed by atoms with E-state index in [0.717, 1.165) is 34.0 Å². The van der Waals surface area contributed by atoms with Crippen molar-refractivity contribution in [3.8, 4) is 11.3 Å². The zero-order valence-electron chi connectivity index (χ0n) is 14.4. The first-order valence-electron chi connectivity index (χ1n) is 8.57. The van der Waals surface area contributed by atoms with Crippen LogP contribution in [-0.4, -0.2) is 15.9 Å². The van der Waals surface area contributed by atoms with Gasteiger partial charge in [0.15, 0.2) is 0 Å². The molecule has 0 saturated carbocycles. The minimum atomic E-state index is -0.0607. The first-order valence-corrected chi connectivity index (χ1v) is 9.45. The van der Waals surface area contributed by atoms with Gasteiger partial charge < -0.3 is 14.7 Å². The van der Waals surface area contributed by atoms with Crippen molar-refractivity contribution < 1.29 is 9.21 Å². The first kappa shape index (κ1) is 16.6. The minimum absolute atomic E-state index is 0.0607. The lowest BCUT2D eigenvalue weighted by atomic mass is 10.1. The summed E-state index contributed by atoms with van der Waals surface area (Å²) in [4.78, 5) is 20.1. The van der Waals surface area contributed by atoms with Gasteiger partial charge in [-0.25, -0.2) is 4.98 Å². The molecule has 0 aliphatic carbocycles. The van der Waals surface area contributed by atoms with Crippen molar-refractivity contribution in [2.75, 3.05) is 0 Å². The molecule has 5 nitrogen and oxygen atoms in total. The standard InChI is InChI=1S/C20H19N3O2S/c1-2-13-5-3-7-15-16(11-22-20(13)15)17-12-26-19(23-17)9-18(24)21-10-14-6-4-8-25-14/h3-8,11-12,22H,2,9-10H2,1H3,(H,21,24). The van der Waals surface area contributed by atoms with Crippen molar-refractivity contribution in [2.24, 2.45) is 0 Å². The third-order valence-corrected chi connectivity index (χ3v) is 5.21. The van der Waals surface area contributed by atoms with E-state index < -0.39 is 0 Å². The summed E-state index contributed by atoms with van der Waals surface area (Å²) >= 11 is 1.51. The van der Waals surface area contributed by atoms with E-state index in [1.807, 2.05) is 17.6 Å². The van der Waals surface area contributed by atoms with E-state index in [-0.39, 0.29) is 12.3 Å². The van der Waals surface area contributed by atoms with Gasteiger partial charge in [-0.3, -0.25) is 4.79 Å². The summed E-state index contributed by atoms with van der Waals surface area (Å²) in [6, 6.07) is 9.96. The number of fused-ring (bicyclic) bond motifs is 1. The van der Waals surface area contributed by atoms with E-state index in [0.29, 0.717) is 6.54 Å². The van der Waals surface area contributed by atoms with Crippen LogP contribution >= 0.6 is 11.3 Å². The van der Waals surface area contributed by atoms with Crippen LogP contribution in [-0.2, 0) is 24.2 Å². The molecule has 1 amide bonds. The highest BCUT2D eigenvalue weighted by molar-refractivity contribution is 7.10. The summed E-state index contributed by atoms with van der Waals surface area (Å²) in [7, 11) is 0. The average Bonchev–Trinajstić information content (AvgIpc) is 3.39. The molecule has 0 aliphatic rings. The number of rotatable bonds is 6. The Hall–Kier alpha value is -2.86. The molecule has 2 N–H and O–H groups in total. The van der Waals surface area contributed by atoms with Crippen LogP contribution in [0, 0.1) is 0 Å². The largest absolute Gasteiger partial charge is 0.467 e. The molecule has 0 spiro atoms. The highest BCUT2D eigenvalue weighted by Crippen LogP contribution is 2.31. The maximum atomic E-state index is 12.1. The molecule has 6 heteroatoms. The van der Waals surface area contributed by atoms with E-state index >= 15 is 0 Å². The van der Waals surface area contributed by atoms with Gasteiger partial charge in [0.25, 0.3) is 0 Å². The third-order valence-electron chi connectivity index (χ3n) is 4.36. The van der Waals surface area contributed by atoms with Gasteiger partial charge >= 0.3 is 0 Å². The Morgan fingerprint density at radius 2 is 2.23 bits per heavy atom. The topological polar surface area (TPSA) is 70.9 Å². The van der Waals surface area contributed by atoms with Crippen LogP contribution in [0.2, 0.25) is 0 Å². The normalized spacial score (nSPS) is 11.1. The predicted molar refractivity (Wildman–Crippen MR) is 103 cm³/mol. The molecule has 0 unspecified atom stereocenters. The lowest BCUT2D eigenvalue weighted by Gasteiger charge is -2.01. The number of aryl methyl sites for hydroxylation is 1. The third kappa shape index (κ3) is 3.28. The van der Waals surface area contributed by atoms with Crippen LogP contribution in [0.5, 0.6) is 0 Å². The van der Waals surface area contributed by atoms with Crippen LogP contribution in [0.1, 0.15) is 23.3 Å². The van der Waals surface area contributed by atoms with Gasteiger partial charge in [-0.1, -0.05) is 25.1 Å². The second-order valence-corrected chi connectivity index (χ2v) is 7.00. The number of thiazole rings is 1. The van der Waals surface area contributed by atoms with Gasteiger partial charge in [-0.05, 0) is 24.1 Å². The summed E-state index contributed by atoms with van der Waals surface area (Å²) in [6.45, 7) is 2.55. The monoisotopic (exact) mass is 365 g/mol. The Labute approximate surface area is 155 Å². The number of amides is 1. The summed E-state index contributed by atoms with van der Waals surface area (Å²) in [5.74, 6) is 0.679. The fourth-order valence-electron chi connectivity index (χ4n) is 3.04. The molecule has 3 aromatic heterocycles. The van der Waals surface area contributed by atoms with Gasteiger partial charge in [-0.2, -0.15) is 0 Å². The number of H-pyrrole nitrogens is 1. The highest BCUT2D eigenvalue weighted by Gasteiger charge is 2.13. The molecule has 4 aromatic rings. The molecule has 3 heterocycles. The highest BCUT2D eigenvalue weighted by atomic mass is 32.1. The summed E-state index contributed by atoms with van der Waals surface area (Å²) in [6.07, 6.45) is 4.85. The maximum Gasteiger partial charge on any atom is 0.227 e. The minimum Gasteiger partial charge on any atom is -0.467 e. The van der Waals surface area contributed by atoms with Crippen LogP contribution in [0.3, 0.4) is 0 Å². The number of para-hydroxylation sites is 1. The summed E-state index contributed by atoms with van der Waals surface area (Å²) in [5, 5.41) is 6.83. The Balaban J connectivity index is 1.49. The van der Waals surface area contributed by atoms with Gasteiger partial charge in [-0.15, -0.1) is 11.3 Å². The number of nitrogens with one attached hydrogen (secondary N) is 2. The van der Waals surface area contributed by atoms with Crippen molar-refractivity contribution in [3.63, 3.8) is 0 Å². The van der Waals surface area contributed by atoms with Crippen molar-refractivity contribution in [1.29, 1.82) is 0 Å². The number of nitrogens with zero attached hydrogens (tertiary/aromatic N) is 1. The number of benzene rings is 1. The molecule has 1 aromatic carbocycles. The lowest BCUT2D eigenvalue weighted by molar-refractivity contribution is -0.120. The number of carbonyl (C=O) groups excluding carboxylic acids is 1. The Kier molecular flexibility index (Phi) is 4.58. The zero-order valence-corrected chi connectivity index (χ0v) is 15.2. The average molecular weight is 365 g/mol. The zero-order chi connectivity index (χ0) is 17.9. The van der Waals surface area contributed by atoms with Gasteiger partial charge in [0.2, 0.25) is 5.91 Å². The SMILES string of the molecule is CCc1cccc2c(-c3csc(CC(=O)NCc4ccco4)n3)c[nH]c12. The molecule has 0 atom stereocenters. The van der Waals surface area contributed by atoms with E-state index in [2.05, 4.69) is 40.4 Å². The number of hydrogen-bond acceptors (Lipinski definition) is 4. The van der Waals surface area contributed by atoms with Crippen molar-refractivity contribution in [2.45, 2.75) is 26.3 Å². The molecule has 0 aliphatic heterocycles. The number of hydrogen-bond donors (Lipinski definition) is 2. The number of aromatic nitrogens is 2. The van der Waals surface area contributed by atoms with Crippen molar-refractivity contribution in [3.05, 3.63) is 64.5 Å². The second kappa shape index (κ2) is 7.17. The summed E-state index contributed by atoms with van der Waals surface area (Å²) < 4.78 is 5.22. The van der Waals surface area contributed by atoms with Gasteiger partial charge in [0.1, 0.15) is 10.8 Å². The Morgan fingerprint density at radius 3 is 3.04 bits per heavy atom. The molecule has 0 fully saturated rings. The molecule has 132 valence electrons. The van der Waals surface area contributed by atoms with E-state index in [9.17, 15) is 4.79 Å². The molecular formula is C20H19N3O2S. The number of furan rings is 1. The maximum absolute atomic E-state index is 12.1. The fraction of sp³-hybridized carbons (Fsp3) is 0.200. The van der Waals surface area contributed by atoms with E-state index in [1.165, 1.54) is 22.3 Å². The molecule has 0 saturated heterocycles. The quantitative estimate of drug-likeness (QED) is 0.535. The number of aromatic amines is 1. The predicted octanol–water partition coefficient (Wildman–Crippen LogP) is 4.31.